The van der Waals surface area contributed by atoms with Gasteiger partial charge in [0.2, 0.25) is 0 Å². The van der Waals surface area contributed by atoms with E-state index in [9.17, 15) is 9.59 Å². The van der Waals surface area contributed by atoms with Crippen molar-refractivity contribution >= 4 is 33.8 Å². The number of anilines is 2. The summed E-state index contributed by atoms with van der Waals surface area (Å²) in [5.41, 5.74) is 11.9. The fourth-order valence-electron chi connectivity index (χ4n) is 2.72. The molecule has 1 aliphatic rings. The minimum atomic E-state index is -0.577. The van der Waals surface area contributed by atoms with Gasteiger partial charge in [-0.05, 0) is 18.8 Å². The molecule has 1 aliphatic heterocycles. The van der Waals surface area contributed by atoms with Gasteiger partial charge in [0.1, 0.15) is 9.88 Å². The Morgan fingerprint density at radius 3 is 2.48 bits per heavy atom. The lowest BCUT2D eigenvalue weighted by Crippen LogP contribution is -2.34. The fourth-order valence-corrected chi connectivity index (χ4v) is 3.94. The molecule has 2 rings (SSSR count). The zero-order valence-electron chi connectivity index (χ0n) is 12.4. The molecule has 116 valence electrons. The van der Waals surface area contributed by atoms with Crippen LogP contribution in [0.25, 0.3) is 0 Å². The number of nitrogens with zero attached hydrogens (tertiary/aromatic N) is 1. The molecule has 0 unspecified atom stereocenters. The summed E-state index contributed by atoms with van der Waals surface area (Å²) < 4.78 is 0. The van der Waals surface area contributed by atoms with Crippen LogP contribution in [0.3, 0.4) is 0 Å². The molecule has 7 heteroatoms. The molecule has 1 fully saturated rings. The van der Waals surface area contributed by atoms with E-state index in [2.05, 4.69) is 17.1 Å². The second kappa shape index (κ2) is 6.34. The van der Waals surface area contributed by atoms with Gasteiger partial charge in [0.25, 0.3) is 11.8 Å². The number of carbonyl (C=O) groups is 2. The summed E-state index contributed by atoms with van der Waals surface area (Å²) in [5.74, 6) is -0.129. The van der Waals surface area contributed by atoms with Crippen LogP contribution in [0.15, 0.2) is 0 Å². The van der Waals surface area contributed by atoms with Gasteiger partial charge in [0, 0.05) is 20.1 Å². The van der Waals surface area contributed by atoms with Crippen molar-refractivity contribution in [2.24, 2.45) is 11.7 Å². The lowest BCUT2D eigenvalue weighted by Gasteiger charge is -2.32. The SMILES string of the molecule is CCC1CCN(c2sc(C(=O)NC)c(N)c2C(N)=O)CC1. The number of rotatable bonds is 4. The van der Waals surface area contributed by atoms with Gasteiger partial charge in [-0.15, -0.1) is 11.3 Å². The molecular weight excluding hydrogens is 288 g/mol. The standard InChI is InChI=1S/C14H22N4O2S/c1-3-8-4-6-18(7-5-8)14-9(12(16)19)10(15)11(21-14)13(20)17-2/h8H,3-7,15H2,1-2H3,(H2,16,19)(H,17,20). The van der Waals surface area contributed by atoms with Crippen LogP contribution in [-0.4, -0.2) is 32.0 Å². The zero-order valence-corrected chi connectivity index (χ0v) is 13.3. The average molecular weight is 310 g/mol. The molecule has 2 heterocycles. The Kier molecular flexibility index (Phi) is 4.72. The second-order valence-electron chi connectivity index (χ2n) is 5.31. The summed E-state index contributed by atoms with van der Waals surface area (Å²) >= 11 is 1.25. The maximum atomic E-state index is 11.9. The van der Waals surface area contributed by atoms with E-state index < -0.39 is 5.91 Å². The Labute approximate surface area is 128 Å². The fraction of sp³-hybridized carbons (Fsp3) is 0.571. The number of amides is 2. The molecule has 1 saturated heterocycles. The quantitative estimate of drug-likeness (QED) is 0.782. The maximum Gasteiger partial charge on any atom is 0.263 e. The first kappa shape index (κ1) is 15.6. The Morgan fingerprint density at radius 1 is 1.38 bits per heavy atom. The van der Waals surface area contributed by atoms with Crippen molar-refractivity contribution in [3.05, 3.63) is 10.4 Å². The van der Waals surface area contributed by atoms with Crippen molar-refractivity contribution in [3.8, 4) is 0 Å². The van der Waals surface area contributed by atoms with E-state index in [4.69, 9.17) is 11.5 Å². The summed E-state index contributed by atoms with van der Waals surface area (Å²) in [4.78, 5) is 26.1. The van der Waals surface area contributed by atoms with Gasteiger partial charge in [-0.2, -0.15) is 0 Å². The molecule has 1 aromatic heterocycles. The first-order valence-electron chi connectivity index (χ1n) is 7.18. The number of carbonyl (C=O) groups excluding carboxylic acids is 2. The zero-order chi connectivity index (χ0) is 15.6. The second-order valence-corrected chi connectivity index (χ2v) is 6.31. The molecule has 0 saturated carbocycles. The summed E-state index contributed by atoms with van der Waals surface area (Å²) in [7, 11) is 1.54. The van der Waals surface area contributed by atoms with Crippen molar-refractivity contribution in [1.29, 1.82) is 0 Å². The molecule has 0 radical (unpaired) electrons. The molecule has 1 aromatic rings. The van der Waals surface area contributed by atoms with E-state index >= 15 is 0 Å². The number of thiophene rings is 1. The van der Waals surface area contributed by atoms with E-state index in [1.54, 1.807) is 0 Å². The van der Waals surface area contributed by atoms with Gasteiger partial charge >= 0.3 is 0 Å². The molecule has 6 nitrogen and oxygen atoms in total. The van der Waals surface area contributed by atoms with Crippen LogP contribution in [0.1, 0.15) is 46.2 Å². The Bertz CT molecular complexity index is 547. The van der Waals surface area contributed by atoms with Crippen molar-refractivity contribution in [2.45, 2.75) is 26.2 Å². The number of piperidine rings is 1. The van der Waals surface area contributed by atoms with Crippen molar-refractivity contribution in [2.75, 3.05) is 30.8 Å². The highest BCUT2D eigenvalue weighted by Gasteiger charge is 2.28. The first-order valence-corrected chi connectivity index (χ1v) is 8.00. The van der Waals surface area contributed by atoms with Crippen LogP contribution in [0, 0.1) is 5.92 Å². The maximum absolute atomic E-state index is 11.9. The van der Waals surface area contributed by atoms with Crippen molar-refractivity contribution in [1.82, 2.24) is 5.32 Å². The van der Waals surface area contributed by atoms with Crippen LogP contribution in [-0.2, 0) is 0 Å². The molecule has 0 aromatic carbocycles. The van der Waals surface area contributed by atoms with Gasteiger partial charge in [-0.1, -0.05) is 13.3 Å². The predicted octanol–water partition coefficient (Wildman–Crippen LogP) is 1.42. The average Bonchev–Trinajstić information content (AvgIpc) is 2.84. The molecule has 0 spiro atoms. The highest BCUT2D eigenvalue weighted by atomic mass is 32.1. The van der Waals surface area contributed by atoms with Gasteiger partial charge in [0.05, 0.1) is 11.3 Å². The monoisotopic (exact) mass is 310 g/mol. The predicted molar refractivity (Wildman–Crippen MR) is 85.9 cm³/mol. The van der Waals surface area contributed by atoms with Crippen LogP contribution in [0.2, 0.25) is 0 Å². The summed E-state index contributed by atoms with van der Waals surface area (Å²) in [6.45, 7) is 3.93. The van der Waals surface area contributed by atoms with Crippen LogP contribution < -0.4 is 21.7 Å². The van der Waals surface area contributed by atoms with Gasteiger partial charge in [-0.3, -0.25) is 9.59 Å². The van der Waals surface area contributed by atoms with E-state index in [0.29, 0.717) is 4.88 Å². The highest BCUT2D eigenvalue weighted by Crippen LogP contribution is 2.39. The van der Waals surface area contributed by atoms with E-state index in [-0.39, 0.29) is 17.2 Å². The lowest BCUT2D eigenvalue weighted by atomic mass is 9.94. The smallest absolute Gasteiger partial charge is 0.263 e. The third-order valence-corrected chi connectivity index (χ3v) is 5.35. The van der Waals surface area contributed by atoms with E-state index in [1.807, 2.05) is 0 Å². The lowest BCUT2D eigenvalue weighted by molar-refractivity contribution is 0.0967. The molecule has 0 atom stereocenters. The number of hydrogen-bond acceptors (Lipinski definition) is 5. The first-order chi connectivity index (χ1) is 9.99. The molecule has 0 bridgehead atoms. The molecule has 2 amide bonds. The van der Waals surface area contributed by atoms with Gasteiger partial charge < -0.3 is 21.7 Å². The van der Waals surface area contributed by atoms with Crippen molar-refractivity contribution < 1.29 is 9.59 Å². The number of primary amides is 1. The van der Waals surface area contributed by atoms with Gasteiger partial charge in [-0.25, -0.2) is 0 Å². The molecule has 5 N–H and O–H groups in total. The summed E-state index contributed by atoms with van der Waals surface area (Å²) in [6, 6.07) is 0. The van der Waals surface area contributed by atoms with Crippen LogP contribution >= 0.6 is 11.3 Å². The minimum Gasteiger partial charge on any atom is -0.397 e. The number of hydrogen-bond donors (Lipinski definition) is 3. The van der Waals surface area contributed by atoms with E-state index in [1.165, 1.54) is 24.8 Å². The Morgan fingerprint density at radius 2 is 2.00 bits per heavy atom. The number of nitrogens with one attached hydrogen (secondary N) is 1. The largest absolute Gasteiger partial charge is 0.397 e. The van der Waals surface area contributed by atoms with E-state index in [0.717, 1.165) is 36.9 Å². The molecule has 21 heavy (non-hydrogen) atoms. The third kappa shape index (κ3) is 2.97. The van der Waals surface area contributed by atoms with Crippen LogP contribution in [0.5, 0.6) is 0 Å². The minimum absolute atomic E-state index is 0.194. The topological polar surface area (TPSA) is 101 Å². The molecular formula is C14H22N4O2S. The number of nitrogens with two attached hydrogens (primary N) is 2. The highest BCUT2D eigenvalue weighted by molar-refractivity contribution is 7.19. The Hall–Kier alpha value is -1.76. The third-order valence-electron chi connectivity index (χ3n) is 4.09. The normalized spacial score (nSPS) is 16.0. The van der Waals surface area contributed by atoms with Crippen molar-refractivity contribution in [3.63, 3.8) is 0 Å². The number of nitrogen functional groups attached to an aromatic ring is 1. The van der Waals surface area contributed by atoms with Crippen LogP contribution in [0.4, 0.5) is 10.7 Å². The summed E-state index contributed by atoms with van der Waals surface area (Å²) in [6.07, 6.45) is 3.34. The summed E-state index contributed by atoms with van der Waals surface area (Å²) in [5, 5.41) is 3.27. The molecule has 0 aliphatic carbocycles. The Balaban J connectivity index is 2.34. The van der Waals surface area contributed by atoms with Gasteiger partial charge in [0.15, 0.2) is 0 Å².